The first-order chi connectivity index (χ1) is 10.2. The average Bonchev–Trinajstić information content (AvgIpc) is 2.46. The van der Waals surface area contributed by atoms with E-state index < -0.39 is 0 Å². The molecule has 1 heterocycles. The highest BCUT2D eigenvalue weighted by Gasteiger charge is 2.37. The van der Waals surface area contributed by atoms with Gasteiger partial charge in [-0.05, 0) is 42.2 Å². The van der Waals surface area contributed by atoms with Crippen molar-refractivity contribution in [2.45, 2.75) is 12.8 Å². The highest BCUT2D eigenvalue weighted by atomic mass is 35.5. The van der Waals surface area contributed by atoms with Gasteiger partial charge in [-0.2, -0.15) is 0 Å². The molecule has 0 saturated carbocycles. The summed E-state index contributed by atoms with van der Waals surface area (Å²) in [5.41, 5.74) is 2.85. The Hall–Kier alpha value is -1.51. The third-order valence-corrected chi connectivity index (χ3v) is 4.46. The summed E-state index contributed by atoms with van der Waals surface area (Å²) in [5.74, 6) is 0.929. The van der Waals surface area contributed by atoms with Gasteiger partial charge in [0, 0.05) is 23.5 Å². The van der Waals surface area contributed by atoms with E-state index in [4.69, 9.17) is 16.3 Å². The maximum absolute atomic E-state index is 6.15. The molecule has 2 nitrogen and oxygen atoms in total. The second kappa shape index (κ2) is 6.08. The third-order valence-electron chi connectivity index (χ3n) is 4.23. The number of halogens is 1. The van der Waals surface area contributed by atoms with Crippen molar-refractivity contribution in [1.82, 2.24) is 5.32 Å². The number of methoxy groups -OCH3 is 1. The lowest BCUT2D eigenvalue weighted by Gasteiger charge is -2.43. The van der Waals surface area contributed by atoms with E-state index in [2.05, 4.69) is 35.6 Å². The summed E-state index contributed by atoms with van der Waals surface area (Å²) in [5, 5.41) is 4.19. The second-order valence-electron chi connectivity index (χ2n) is 5.90. The van der Waals surface area contributed by atoms with Gasteiger partial charge in [0.05, 0.1) is 7.11 Å². The zero-order chi connectivity index (χ0) is 14.7. The lowest BCUT2D eigenvalue weighted by atomic mass is 9.72. The van der Waals surface area contributed by atoms with Gasteiger partial charge in [0.2, 0.25) is 0 Å². The van der Waals surface area contributed by atoms with Gasteiger partial charge in [-0.3, -0.25) is 0 Å². The van der Waals surface area contributed by atoms with Crippen LogP contribution in [-0.2, 0) is 12.8 Å². The molecule has 1 fully saturated rings. The Kier molecular flexibility index (Phi) is 4.18. The smallest absolute Gasteiger partial charge is 0.122 e. The van der Waals surface area contributed by atoms with E-state index in [-0.39, 0.29) is 5.41 Å². The molecule has 0 amide bonds. The van der Waals surface area contributed by atoms with Crippen LogP contribution < -0.4 is 10.1 Å². The second-order valence-corrected chi connectivity index (χ2v) is 6.34. The molecule has 2 aromatic carbocycles. The lowest BCUT2D eigenvalue weighted by molar-refractivity contribution is 0.165. The van der Waals surface area contributed by atoms with Gasteiger partial charge in [0.15, 0.2) is 0 Å². The van der Waals surface area contributed by atoms with Crippen LogP contribution in [0.15, 0.2) is 48.5 Å². The maximum Gasteiger partial charge on any atom is 0.122 e. The molecule has 2 aromatic rings. The van der Waals surface area contributed by atoms with E-state index in [0.29, 0.717) is 0 Å². The molecule has 1 aliphatic heterocycles. The Morgan fingerprint density at radius 2 is 1.86 bits per heavy atom. The first-order valence-corrected chi connectivity index (χ1v) is 7.66. The molecule has 0 aliphatic carbocycles. The summed E-state index contributed by atoms with van der Waals surface area (Å²) < 4.78 is 5.49. The highest BCUT2D eigenvalue weighted by Crippen LogP contribution is 2.35. The minimum Gasteiger partial charge on any atom is -0.496 e. The molecule has 1 N–H and O–H groups in total. The normalized spacial score (nSPS) is 16.3. The van der Waals surface area contributed by atoms with Gasteiger partial charge >= 0.3 is 0 Å². The molecule has 1 saturated heterocycles. The first kappa shape index (κ1) is 14.4. The Morgan fingerprint density at radius 1 is 1.10 bits per heavy atom. The van der Waals surface area contributed by atoms with Crippen LogP contribution in [-0.4, -0.2) is 20.2 Å². The van der Waals surface area contributed by atoms with Crippen LogP contribution in [0.5, 0.6) is 5.75 Å². The first-order valence-electron chi connectivity index (χ1n) is 7.28. The predicted octanol–water partition coefficient (Wildman–Crippen LogP) is 3.72. The summed E-state index contributed by atoms with van der Waals surface area (Å²) in [6.45, 7) is 2.08. The number of benzene rings is 2. The number of hydrogen-bond acceptors (Lipinski definition) is 2. The molecular weight excluding hydrogens is 282 g/mol. The number of nitrogens with one attached hydrogen (secondary N) is 1. The Balaban J connectivity index is 1.83. The van der Waals surface area contributed by atoms with Crippen molar-refractivity contribution in [3.05, 3.63) is 64.7 Å². The quantitative estimate of drug-likeness (QED) is 0.909. The van der Waals surface area contributed by atoms with E-state index in [1.54, 1.807) is 7.11 Å². The molecular formula is C18H20ClNO. The van der Waals surface area contributed by atoms with Crippen LogP contribution in [0.4, 0.5) is 0 Å². The number of hydrogen-bond donors (Lipinski definition) is 1. The zero-order valence-corrected chi connectivity index (χ0v) is 13.0. The third kappa shape index (κ3) is 3.22. The van der Waals surface area contributed by atoms with E-state index >= 15 is 0 Å². The van der Waals surface area contributed by atoms with Gasteiger partial charge in [0.25, 0.3) is 0 Å². The van der Waals surface area contributed by atoms with Gasteiger partial charge in [0.1, 0.15) is 5.75 Å². The fourth-order valence-electron chi connectivity index (χ4n) is 3.11. The summed E-state index contributed by atoms with van der Waals surface area (Å²) in [4.78, 5) is 0. The van der Waals surface area contributed by atoms with Gasteiger partial charge in [-0.25, -0.2) is 0 Å². The molecule has 110 valence electrons. The molecule has 1 aliphatic rings. The van der Waals surface area contributed by atoms with Crippen LogP contribution in [0.3, 0.4) is 0 Å². The van der Waals surface area contributed by atoms with Crippen LogP contribution in [0.1, 0.15) is 11.1 Å². The summed E-state index contributed by atoms with van der Waals surface area (Å²) in [6, 6.07) is 16.6. The molecule has 21 heavy (non-hydrogen) atoms. The van der Waals surface area contributed by atoms with Gasteiger partial charge < -0.3 is 10.1 Å². The molecule has 0 unspecified atom stereocenters. The topological polar surface area (TPSA) is 21.3 Å². The van der Waals surface area contributed by atoms with Crippen LogP contribution >= 0.6 is 11.6 Å². The maximum atomic E-state index is 6.15. The number of ether oxygens (including phenoxy) is 1. The average molecular weight is 302 g/mol. The van der Waals surface area contributed by atoms with E-state index in [0.717, 1.165) is 36.7 Å². The molecule has 0 aromatic heterocycles. The monoisotopic (exact) mass is 301 g/mol. The molecule has 0 bridgehead atoms. The lowest BCUT2D eigenvalue weighted by Crippen LogP contribution is -2.56. The van der Waals surface area contributed by atoms with Crippen molar-refractivity contribution in [2.75, 3.05) is 20.2 Å². The summed E-state index contributed by atoms with van der Waals surface area (Å²) in [7, 11) is 1.72. The Morgan fingerprint density at radius 3 is 2.48 bits per heavy atom. The minimum absolute atomic E-state index is 0.263. The zero-order valence-electron chi connectivity index (χ0n) is 12.2. The minimum atomic E-state index is 0.263. The van der Waals surface area contributed by atoms with Crippen LogP contribution in [0, 0.1) is 5.41 Å². The van der Waals surface area contributed by atoms with E-state index in [1.807, 2.05) is 18.2 Å². The largest absolute Gasteiger partial charge is 0.496 e. The van der Waals surface area contributed by atoms with Crippen molar-refractivity contribution in [3.63, 3.8) is 0 Å². The number of rotatable bonds is 5. The summed E-state index contributed by atoms with van der Waals surface area (Å²) >= 11 is 6.15. The fraction of sp³-hybridized carbons (Fsp3) is 0.333. The predicted molar refractivity (Wildman–Crippen MR) is 87.2 cm³/mol. The highest BCUT2D eigenvalue weighted by molar-refractivity contribution is 6.30. The van der Waals surface area contributed by atoms with Crippen molar-refractivity contribution in [1.29, 1.82) is 0 Å². The molecule has 0 radical (unpaired) electrons. The standard InChI is InChI=1S/C18H20ClNO/c1-21-17-8-7-16(19)9-15(17)11-18(12-20-13-18)10-14-5-3-2-4-6-14/h2-9,20H,10-13H2,1H3. The SMILES string of the molecule is COc1ccc(Cl)cc1CC1(Cc2ccccc2)CNC1. The van der Waals surface area contributed by atoms with Crippen molar-refractivity contribution < 1.29 is 4.74 Å². The van der Waals surface area contributed by atoms with Crippen molar-refractivity contribution in [3.8, 4) is 5.75 Å². The van der Waals surface area contributed by atoms with E-state index in [1.165, 1.54) is 11.1 Å². The van der Waals surface area contributed by atoms with Crippen LogP contribution in [0.25, 0.3) is 0 Å². The van der Waals surface area contributed by atoms with Crippen LogP contribution in [0.2, 0.25) is 5.02 Å². The molecule has 0 atom stereocenters. The molecule has 3 rings (SSSR count). The van der Waals surface area contributed by atoms with E-state index in [9.17, 15) is 0 Å². The molecule has 0 spiro atoms. The van der Waals surface area contributed by atoms with Gasteiger partial charge in [-0.1, -0.05) is 41.9 Å². The summed E-state index contributed by atoms with van der Waals surface area (Å²) in [6.07, 6.45) is 2.06. The Bertz CT molecular complexity index is 608. The van der Waals surface area contributed by atoms with Crippen molar-refractivity contribution in [2.24, 2.45) is 5.41 Å². The van der Waals surface area contributed by atoms with Crippen molar-refractivity contribution >= 4 is 11.6 Å². The molecule has 3 heteroatoms. The fourth-order valence-corrected chi connectivity index (χ4v) is 3.30. The Labute approximate surface area is 131 Å². The van der Waals surface area contributed by atoms with Gasteiger partial charge in [-0.15, -0.1) is 0 Å².